The molecule has 0 saturated carbocycles. The number of rotatable bonds is 11. The van der Waals surface area contributed by atoms with Crippen LogP contribution < -0.4 is 5.32 Å². The fraction of sp³-hybridized carbons (Fsp3) is 0.367. The van der Waals surface area contributed by atoms with Gasteiger partial charge in [0.1, 0.15) is 24.4 Å². The van der Waals surface area contributed by atoms with Crippen LogP contribution in [0.25, 0.3) is 0 Å². The molecular weight excluding hydrogens is 470 g/mol. The van der Waals surface area contributed by atoms with Crippen molar-refractivity contribution in [1.82, 2.24) is 5.32 Å². The molecule has 7 heteroatoms. The Bertz CT molecular complexity index is 1090. The molecule has 0 aliphatic carbocycles. The monoisotopic (exact) mass is 505 g/mol. The van der Waals surface area contributed by atoms with Gasteiger partial charge in [-0.2, -0.15) is 0 Å². The fourth-order valence-electron chi connectivity index (χ4n) is 4.51. The Hall–Kier alpha value is -3.07. The summed E-state index contributed by atoms with van der Waals surface area (Å²) in [5.41, 5.74) is 2.98. The first kappa shape index (κ1) is 27.0. The summed E-state index contributed by atoms with van der Waals surface area (Å²) in [5, 5.41) is 14.1. The van der Waals surface area contributed by atoms with Gasteiger partial charge in [-0.05, 0) is 23.6 Å². The van der Waals surface area contributed by atoms with E-state index in [1.54, 1.807) is 0 Å². The summed E-state index contributed by atoms with van der Waals surface area (Å²) < 4.78 is 24.9. The topological polar surface area (TPSA) is 86.3 Å². The Labute approximate surface area is 218 Å². The third-order valence-corrected chi connectivity index (χ3v) is 6.31. The highest BCUT2D eigenvalue weighted by atomic mass is 16.7. The van der Waals surface area contributed by atoms with Crippen LogP contribution in [0.5, 0.6) is 0 Å². The van der Waals surface area contributed by atoms with Gasteiger partial charge in [0.25, 0.3) is 0 Å². The summed E-state index contributed by atoms with van der Waals surface area (Å²) in [6.07, 6.45) is -1.98. The van der Waals surface area contributed by atoms with E-state index in [-0.39, 0.29) is 19.1 Å². The Morgan fingerprint density at radius 2 is 1.27 bits per heavy atom. The van der Waals surface area contributed by atoms with Crippen molar-refractivity contribution in [2.24, 2.45) is 0 Å². The number of aliphatic hydroxyl groups is 1. The van der Waals surface area contributed by atoms with Crippen molar-refractivity contribution in [3.63, 3.8) is 0 Å². The molecule has 0 radical (unpaired) electrons. The van der Waals surface area contributed by atoms with Crippen LogP contribution in [-0.4, -0.2) is 47.8 Å². The zero-order valence-electron chi connectivity index (χ0n) is 21.3. The highest BCUT2D eigenvalue weighted by Crippen LogP contribution is 2.33. The van der Waals surface area contributed by atoms with Crippen molar-refractivity contribution in [3.05, 3.63) is 108 Å². The molecule has 3 aromatic carbocycles. The zero-order valence-corrected chi connectivity index (χ0v) is 21.3. The second-order valence-electron chi connectivity index (χ2n) is 9.41. The van der Waals surface area contributed by atoms with Gasteiger partial charge in [0.2, 0.25) is 5.91 Å². The predicted molar refractivity (Wildman–Crippen MR) is 139 cm³/mol. The molecule has 196 valence electrons. The van der Waals surface area contributed by atoms with E-state index in [0.29, 0.717) is 13.2 Å². The summed E-state index contributed by atoms with van der Waals surface area (Å²) in [5.74, 6) is -2.01. The van der Waals surface area contributed by atoms with E-state index >= 15 is 0 Å². The third kappa shape index (κ3) is 7.71. The van der Waals surface area contributed by atoms with Gasteiger partial charge >= 0.3 is 0 Å². The van der Waals surface area contributed by atoms with E-state index in [1.165, 1.54) is 13.8 Å². The average molecular weight is 506 g/mol. The lowest BCUT2D eigenvalue weighted by molar-refractivity contribution is -0.325. The molecule has 7 nitrogen and oxygen atoms in total. The molecule has 1 amide bonds. The average Bonchev–Trinajstić information content (AvgIpc) is 2.90. The molecule has 0 unspecified atom stereocenters. The predicted octanol–water partition coefficient (Wildman–Crippen LogP) is 3.99. The van der Waals surface area contributed by atoms with Crippen LogP contribution in [0.4, 0.5) is 0 Å². The SMILES string of the molecule is CC(=O)N[C@@H]1[C@@H](OCc2ccccc2)[C@H](OCc2ccccc2)[C@@H](COCc2ccccc2)O[C@]1(C)O. The second kappa shape index (κ2) is 12.9. The molecule has 0 aromatic heterocycles. The summed E-state index contributed by atoms with van der Waals surface area (Å²) in [6.45, 7) is 4.08. The summed E-state index contributed by atoms with van der Waals surface area (Å²) in [7, 11) is 0. The minimum atomic E-state index is -1.71. The lowest BCUT2D eigenvalue weighted by atomic mass is 9.90. The summed E-state index contributed by atoms with van der Waals surface area (Å²) in [4.78, 5) is 12.1. The molecular formula is C30H35NO6. The number of amides is 1. The lowest BCUT2D eigenvalue weighted by Crippen LogP contribution is -2.70. The van der Waals surface area contributed by atoms with Gasteiger partial charge in [-0.15, -0.1) is 0 Å². The smallest absolute Gasteiger partial charge is 0.217 e. The summed E-state index contributed by atoms with van der Waals surface area (Å²) >= 11 is 0. The standard InChI is InChI=1S/C30H35NO6/c1-22(32)31-29-28(36-20-25-16-10-5-11-17-25)27(35-19-24-14-8-4-9-15-24)26(37-30(29,2)33)21-34-18-23-12-6-3-7-13-23/h3-17,26-29,33H,18-21H2,1-2H3,(H,31,32)/t26-,27-,28+,29-,30+/m1/s1. The highest BCUT2D eigenvalue weighted by Gasteiger charge is 2.53. The number of hydrogen-bond acceptors (Lipinski definition) is 6. The Morgan fingerprint density at radius 1 is 0.811 bits per heavy atom. The van der Waals surface area contributed by atoms with Crippen molar-refractivity contribution in [1.29, 1.82) is 0 Å². The Kier molecular flexibility index (Phi) is 9.44. The Balaban J connectivity index is 1.57. The molecule has 1 fully saturated rings. The molecule has 5 atom stereocenters. The highest BCUT2D eigenvalue weighted by molar-refractivity contribution is 5.73. The van der Waals surface area contributed by atoms with Crippen molar-refractivity contribution in [2.75, 3.05) is 6.61 Å². The molecule has 1 heterocycles. The molecule has 0 bridgehead atoms. The maximum atomic E-state index is 12.1. The number of carbonyl (C=O) groups excluding carboxylic acids is 1. The first-order valence-electron chi connectivity index (χ1n) is 12.5. The number of nitrogens with one attached hydrogen (secondary N) is 1. The van der Waals surface area contributed by atoms with Gasteiger partial charge < -0.3 is 29.4 Å². The normalized spacial score (nSPS) is 25.5. The van der Waals surface area contributed by atoms with Crippen LogP contribution in [0.15, 0.2) is 91.0 Å². The number of benzene rings is 3. The quantitative estimate of drug-likeness (QED) is 0.410. The molecule has 1 aliphatic heterocycles. The van der Waals surface area contributed by atoms with Crippen LogP contribution in [0.1, 0.15) is 30.5 Å². The fourth-order valence-corrected chi connectivity index (χ4v) is 4.51. The zero-order chi connectivity index (χ0) is 26.1. The molecule has 1 saturated heterocycles. The van der Waals surface area contributed by atoms with Crippen LogP contribution >= 0.6 is 0 Å². The van der Waals surface area contributed by atoms with Gasteiger partial charge in [-0.25, -0.2) is 0 Å². The first-order chi connectivity index (χ1) is 17.9. The molecule has 1 aliphatic rings. The summed E-state index contributed by atoms with van der Waals surface area (Å²) in [6, 6.07) is 28.5. The van der Waals surface area contributed by atoms with Gasteiger partial charge in [0, 0.05) is 6.92 Å². The van der Waals surface area contributed by atoms with Gasteiger partial charge in [0.05, 0.1) is 26.4 Å². The maximum absolute atomic E-state index is 12.1. The maximum Gasteiger partial charge on any atom is 0.217 e. The molecule has 0 spiro atoms. The number of hydrogen-bond donors (Lipinski definition) is 2. The van der Waals surface area contributed by atoms with Gasteiger partial charge in [-0.1, -0.05) is 91.0 Å². The lowest BCUT2D eigenvalue weighted by Gasteiger charge is -2.49. The van der Waals surface area contributed by atoms with Gasteiger partial charge in [0.15, 0.2) is 5.79 Å². The van der Waals surface area contributed by atoms with Gasteiger partial charge in [-0.3, -0.25) is 4.79 Å². The van der Waals surface area contributed by atoms with Crippen molar-refractivity contribution < 1.29 is 28.8 Å². The third-order valence-electron chi connectivity index (χ3n) is 6.31. The van der Waals surface area contributed by atoms with Crippen LogP contribution in [0.2, 0.25) is 0 Å². The molecule has 4 rings (SSSR count). The Morgan fingerprint density at radius 3 is 1.76 bits per heavy atom. The first-order valence-corrected chi connectivity index (χ1v) is 12.5. The number of carbonyl (C=O) groups is 1. The van der Waals surface area contributed by atoms with E-state index < -0.39 is 30.1 Å². The molecule has 3 aromatic rings. The van der Waals surface area contributed by atoms with E-state index in [9.17, 15) is 9.90 Å². The number of ether oxygens (including phenoxy) is 4. The van der Waals surface area contributed by atoms with Crippen LogP contribution in [-0.2, 0) is 43.6 Å². The minimum absolute atomic E-state index is 0.169. The van der Waals surface area contributed by atoms with Crippen LogP contribution in [0.3, 0.4) is 0 Å². The van der Waals surface area contributed by atoms with Crippen molar-refractivity contribution in [3.8, 4) is 0 Å². The molecule has 37 heavy (non-hydrogen) atoms. The van der Waals surface area contributed by atoms with E-state index in [0.717, 1.165) is 16.7 Å². The largest absolute Gasteiger partial charge is 0.374 e. The van der Waals surface area contributed by atoms with E-state index in [1.807, 2.05) is 91.0 Å². The van der Waals surface area contributed by atoms with Crippen molar-refractivity contribution in [2.45, 2.75) is 63.8 Å². The van der Waals surface area contributed by atoms with Crippen LogP contribution in [0, 0.1) is 0 Å². The second-order valence-corrected chi connectivity index (χ2v) is 9.41. The minimum Gasteiger partial charge on any atom is -0.374 e. The van der Waals surface area contributed by atoms with E-state index in [2.05, 4.69) is 5.32 Å². The van der Waals surface area contributed by atoms with E-state index in [4.69, 9.17) is 18.9 Å². The molecule has 2 N–H and O–H groups in total. The van der Waals surface area contributed by atoms with Crippen molar-refractivity contribution >= 4 is 5.91 Å².